The Morgan fingerprint density at radius 3 is 2.73 bits per heavy atom. The van der Waals surface area contributed by atoms with Gasteiger partial charge < -0.3 is 4.57 Å². The van der Waals surface area contributed by atoms with E-state index in [1.54, 1.807) is 0 Å². The van der Waals surface area contributed by atoms with Gasteiger partial charge >= 0.3 is 0 Å². The molecule has 0 radical (unpaired) electrons. The van der Waals surface area contributed by atoms with Crippen molar-refractivity contribution in [2.75, 3.05) is 0 Å². The van der Waals surface area contributed by atoms with Crippen molar-refractivity contribution < 1.29 is 0 Å². The van der Waals surface area contributed by atoms with Crippen LogP contribution < -0.4 is 0 Å². The minimum Gasteiger partial charge on any atom is -0.347 e. The summed E-state index contributed by atoms with van der Waals surface area (Å²) >= 11 is 0. The van der Waals surface area contributed by atoms with Crippen molar-refractivity contribution in [3.63, 3.8) is 0 Å². The Bertz CT molecular complexity index is 556. The molecule has 1 aromatic carbocycles. The van der Waals surface area contributed by atoms with Crippen LogP contribution in [0.15, 0.2) is 18.2 Å². The largest absolute Gasteiger partial charge is 0.347 e. The number of nitrogens with zero attached hydrogens (tertiary/aromatic N) is 2. The SMILES string of the molecule is CCc1ccc2c(c1)c(C#N)c(C)n2C. The summed E-state index contributed by atoms with van der Waals surface area (Å²) in [6, 6.07) is 8.64. The summed E-state index contributed by atoms with van der Waals surface area (Å²) in [7, 11) is 2.00. The lowest BCUT2D eigenvalue weighted by Crippen LogP contribution is -1.90. The molecule has 1 heterocycles. The highest BCUT2D eigenvalue weighted by Crippen LogP contribution is 2.25. The number of fused-ring (bicyclic) bond motifs is 1. The van der Waals surface area contributed by atoms with E-state index in [1.165, 1.54) is 5.56 Å². The second-order valence-electron chi connectivity index (χ2n) is 3.84. The van der Waals surface area contributed by atoms with Crippen LogP contribution >= 0.6 is 0 Å². The molecule has 0 saturated carbocycles. The van der Waals surface area contributed by atoms with Crippen LogP contribution in [0.5, 0.6) is 0 Å². The van der Waals surface area contributed by atoms with Crippen LogP contribution in [0.3, 0.4) is 0 Å². The normalized spacial score (nSPS) is 10.5. The maximum atomic E-state index is 9.13. The number of benzene rings is 1. The van der Waals surface area contributed by atoms with Gasteiger partial charge in [0, 0.05) is 23.6 Å². The first-order valence-corrected chi connectivity index (χ1v) is 5.17. The van der Waals surface area contributed by atoms with Gasteiger partial charge in [-0.3, -0.25) is 0 Å². The van der Waals surface area contributed by atoms with Crippen molar-refractivity contribution in [1.29, 1.82) is 5.26 Å². The van der Waals surface area contributed by atoms with Gasteiger partial charge in [0.1, 0.15) is 6.07 Å². The Morgan fingerprint density at radius 2 is 2.13 bits per heavy atom. The highest BCUT2D eigenvalue weighted by Gasteiger charge is 2.11. The van der Waals surface area contributed by atoms with E-state index < -0.39 is 0 Å². The van der Waals surface area contributed by atoms with Crippen LogP contribution in [-0.4, -0.2) is 4.57 Å². The van der Waals surface area contributed by atoms with Crippen molar-refractivity contribution in [3.8, 4) is 6.07 Å². The van der Waals surface area contributed by atoms with E-state index in [4.69, 9.17) is 5.26 Å². The molecule has 0 amide bonds. The minimum atomic E-state index is 0.808. The zero-order valence-electron chi connectivity index (χ0n) is 9.33. The quantitative estimate of drug-likeness (QED) is 0.692. The highest BCUT2D eigenvalue weighted by atomic mass is 14.9. The predicted molar refractivity (Wildman–Crippen MR) is 61.7 cm³/mol. The Kier molecular flexibility index (Phi) is 2.24. The van der Waals surface area contributed by atoms with Gasteiger partial charge in [0.05, 0.1) is 5.56 Å². The summed E-state index contributed by atoms with van der Waals surface area (Å²) < 4.78 is 2.08. The van der Waals surface area contributed by atoms with Gasteiger partial charge in [-0.1, -0.05) is 13.0 Å². The molecule has 0 unspecified atom stereocenters. The topological polar surface area (TPSA) is 28.7 Å². The number of nitriles is 1. The van der Waals surface area contributed by atoms with Gasteiger partial charge in [0.25, 0.3) is 0 Å². The van der Waals surface area contributed by atoms with Crippen LogP contribution in [0.2, 0.25) is 0 Å². The molecule has 1 aromatic heterocycles. The molecule has 0 bridgehead atoms. The van der Waals surface area contributed by atoms with E-state index in [0.717, 1.165) is 28.6 Å². The van der Waals surface area contributed by atoms with E-state index in [1.807, 2.05) is 14.0 Å². The standard InChI is InChI=1S/C13H14N2/c1-4-10-5-6-13-11(7-10)12(8-14)9(2)15(13)3/h5-7H,4H2,1-3H3. The fraction of sp³-hybridized carbons (Fsp3) is 0.308. The number of aromatic nitrogens is 1. The minimum absolute atomic E-state index is 0.808. The molecule has 2 nitrogen and oxygen atoms in total. The fourth-order valence-electron chi connectivity index (χ4n) is 1.98. The molecule has 0 fully saturated rings. The fourth-order valence-corrected chi connectivity index (χ4v) is 1.98. The molecule has 0 aliphatic carbocycles. The van der Waals surface area contributed by atoms with Gasteiger partial charge in [-0.25, -0.2) is 0 Å². The highest BCUT2D eigenvalue weighted by molar-refractivity contribution is 5.88. The molecule has 0 aliphatic rings. The summed E-state index contributed by atoms with van der Waals surface area (Å²) in [5.41, 5.74) is 4.27. The first kappa shape index (κ1) is 9.79. The second kappa shape index (κ2) is 3.43. The van der Waals surface area contributed by atoms with Gasteiger partial charge in [-0.15, -0.1) is 0 Å². The van der Waals surface area contributed by atoms with E-state index in [0.29, 0.717) is 0 Å². The van der Waals surface area contributed by atoms with E-state index >= 15 is 0 Å². The molecule has 0 aliphatic heterocycles. The third kappa shape index (κ3) is 1.32. The lowest BCUT2D eigenvalue weighted by molar-refractivity contribution is 0.915. The maximum Gasteiger partial charge on any atom is 0.102 e. The predicted octanol–water partition coefficient (Wildman–Crippen LogP) is 2.92. The van der Waals surface area contributed by atoms with E-state index in [2.05, 4.69) is 35.8 Å². The van der Waals surface area contributed by atoms with E-state index in [-0.39, 0.29) is 0 Å². The lowest BCUT2D eigenvalue weighted by Gasteiger charge is -1.99. The molecule has 15 heavy (non-hydrogen) atoms. The monoisotopic (exact) mass is 198 g/mol. The van der Waals surface area contributed by atoms with Crippen molar-refractivity contribution in [2.24, 2.45) is 7.05 Å². The summed E-state index contributed by atoms with van der Waals surface area (Å²) in [6.45, 7) is 4.12. The number of rotatable bonds is 1. The Balaban J connectivity index is 2.87. The smallest absolute Gasteiger partial charge is 0.102 e. The molecule has 0 spiro atoms. The molecular weight excluding hydrogens is 184 g/mol. The molecule has 0 atom stereocenters. The summed E-state index contributed by atoms with van der Waals surface area (Å²) in [5, 5.41) is 10.2. The summed E-state index contributed by atoms with van der Waals surface area (Å²) in [5.74, 6) is 0. The van der Waals surface area contributed by atoms with Gasteiger partial charge in [0.2, 0.25) is 0 Å². The average Bonchev–Trinajstić information content (AvgIpc) is 2.51. The maximum absolute atomic E-state index is 9.13. The van der Waals surface area contributed by atoms with Crippen molar-refractivity contribution in [1.82, 2.24) is 4.57 Å². The van der Waals surface area contributed by atoms with Crippen LogP contribution in [0, 0.1) is 18.3 Å². The molecule has 0 N–H and O–H groups in total. The molecule has 0 saturated heterocycles. The van der Waals surface area contributed by atoms with Crippen molar-refractivity contribution in [3.05, 3.63) is 35.0 Å². The van der Waals surface area contributed by atoms with Crippen LogP contribution in [0.4, 0.5) is 0 Å². The van der Waals surface area contributed by atoms with Crippen molar-refractivity contribution >= 4 is 10.9 Å². The van der Waals surface area contributed by atoms with Gasteiger partial charge in [-0.05, 0) is 31.0 Å². The Hall–Kier alpha value is -1.75. The van der Waals surface area contributed by atoms with Crippen LogP contribution in [0.25, 0.3) is 10.9 Å². The third-order valence-corrected chi connectivity index (χ3v) is 3.08. The molecule has 76 valence electrons. The Morgan fingerprint density at radius 1 is 1.40 bits per heavy atom. The van der Waals surface area contributed by atoms with Gasteiger partial charge in [-0.2, -0.15) is 5.26 Å². The lowest BCUT2D eigenvalue weighted by atomic mass is 10.1. The van der Waals surface area contributed by atoms with Crippen LogP contribution in [-0.2, 0) is 13.5 Å². The van der Waals surface area contributed by atoms with E-state index in [9.17, 15) is 0 Å². The number of hydrogen-bond acceptors (Lipinski definition) is 1. The summed E-state index contributed by atoms with van der Waals surface area (Å²) in [4.78, 5) is 0. The Labute approximate surface area is 89.7 Å². The van der Waals surface area contributed by atoms with Crippen molar-refractivity contribution in [2.45, 2.75) is 20.3 Å². The molecule has 2 heteroatoms. The van der Waals surface area contributed by atoms with Crippen LogP contribution in [0.1, 0.15) is 23.7 Å². The first-order valence-electron chi connectivity index (χ1n) is 5.17. The zero-order chi connectivity index (χ0) is 11.0. The zero-order valence-corrected chi connectivity index (χ0v) is 9.33. The summed E-state index contributed by atoms with van der Waals surface area (Å²) in [6.07, 6.45) is 1.01. The molecule has 2 rings (SSSR count). The first-order chi connectivity index (χ1) is 7.19. The molecule has 2 aromatic rings. The third-order valence-electron chi connectivity index (χ3n) is 3.08. The number of aryl methyl sites for hydroxylation is 2. The second-order valence-corrected chi connectivity index (χ2v) is 3.84. The number of hydrogen-bond donors (Lipinski definition) is 0. The molecular formula is C13H14N2. The van der Waals surface area contributed by atoms with Gasteiger partial charge in [0.15, 0.2) is 0 Å². The average molecular weight is 198 g/mol.